The highest BCUT2D eigenvalue weighted by Gasteiger charge is 2.16. The van der Waals surface area contributed by atoms with Crippen molar-refractivity contribution < 1.29 is 4.43 Å². The van der Waals surface area contributed by atoms with Crippen molar-refractivity contribution in [1.82, 2.24) is 0 Å². The van der Waals surface area contributed by atoms with E-state index in [1.54, 1.807) is 0 Å². The molecule has 1 aromatic rings. The maximum atomic E-state index is 6.09. The molecule has 88 valence electrons. The fourth-order valence-electron chi connectivity index (χ4n) is 1.81. The van der Waals surface area contributed by atoms with E-state index in [1.165, 1.54) is 17.2 Å². The average molecular weight is 234 g/mol. The molecule has 0 radical (unpaired) electrons. The van der Waals surface area contributed by atoms with Crippen LogP contribution >= 0.6 is 0 Å². The summed E-state index contributed by atoms with van der Waals surface area (Å²) in [5, 5.41) is 1.35. The first-order valence-corrected chi connectivity index (χ1v) is 7.22. The van der Waals surface area contributed by atoms with Crippen LogP contribution in [0.4, 0.5) is 0 Å². The highest BCUT2D eigenvalue weighted by Crippen LogP contribution is 2.15. The lowest BCUT2D eigenvalue weighted by molar-refractivity contribution is 0.107. The molecule has 16 heavy (non-hydrogen) atoms. The van der Waals surface area contributed by atoms with Crippen LogP contribution in [0.15, 0.2) is 30.8 Å². The zero-order valence-electron chi connectivity index (χ0n) is 10.6. The lowest BCUT2D eigenvalue weighted by atomic mass is 10.0. The van der Waals surface area contributed by atoms with Gasteiger partial charge in [-0.05, 0) is 31.0 Å². The molecular formula is C14H22OSi. The lowest BCUT2D eigenvalue weighted by Crippen LogP contribution is -2.32. The Morgan fingerprint density at radius 2 is 2.06 bits per heavy atom. The zero-order chi connectivity index (χ0) is 12.0. The maximum Gasteiger partial charge on any atom is 0.193 e. The molecule has 0 bridgehead atoms. The molecule has 0 aromatic heterocycles. The molecule has 0 aliphatic heterocycles. The fraction of sp³-hybridized carbons (Fsp3) is 0.429. The van der Waals surface area contributed by atoms with Crippen LogP contribution in [0.2, 0.25) is 0 Å². The van der Waals surface area contributed by atoms with E-state index in [0.717, 1.165) is 6.42 Å². The van der Waals surface area contributed by atoms with Crippen LogP contribution < -0.4 is 5.19 Å². The molecule has 0 N–H and O–H groups in total. The number of hydrogen-bond donors (Lipinski definition) is 0. The Bertz CT molecular complexity index is 344. The quantitative estimate of drug-likeness (QED) is 0.688. The van der Waals surface area contributed by atoms with E-state index in [0.29, 0.717) is 0 Å². The molecule has 0 saturated heterocycles. The second-order valence-corrected chi connectivity index (χ2v) is 6.04. The first-order chi connectivity index (χ1) is 7.59. The summed E-state index contributed by atoms with van der Waals surface area (Å²) in [6, 6.07) is 8.38. The van der Waals surface area contributed by atoms with E-state index < -0.39 is 9.76 Å². The molecule has 0 amide bonds. The lowest BCUT2D eigenvalue weighted by Gasteiger charge is -2.25. The Labute approximate surface area is 101 Å². The summed E-state index contributed by atoms with van der Waals surface area (Å²) in [7, 11) is -0.647. The van der Waals surface area contributed by atoms with Crippen molar-refractivity contribution in [3.8, 4) is 0 Å². The summed E-state index contributed by atoms with van der Waals surface area (Å²) in [4.78, 5) is 0. The minimum Gasteiger partial charge on any atom is -0.414 e. The maximum absolute atomic E-state index is 6.09. The first kappa shape index (κ1) is 13.2. The van der Waals surface area contributed by atoms with Gasteiger partial charge in [0.2, 0.25) is 0 Å². The molecule has 0 atom stereocenters. The molecule has 2 heteroatoms. The summed E-state index contributed by atoms with van der Waals surface area (Å²) in [5.41, 5.74) is 1.25. The SMILES string of the molecule is C=Cc1ccccc1[SiH2]OC(C)(C)CCC. The summed E-state index contributed by atoms with van der Waals surface area (Å²) < 4.78 is 6.09. The molecule has 1 nitrogen and oxygen atoms in total. The zero-order valence-corrected chi connectivity index (χ0v) is 12.0. The predicted molar refractivity (Wildman–Crippen MR) is 74.8 cm³/mol. The summed E-state index contributed by atoms with van der Waals surface area (Å²) >= 11 is 0. The van der Waals surface area contributed by atoms with Gasteiger partial charge in [-0.15, -0.1) is 0 Å². The second-order valence-electron chi connectivity index (χ2n) is 4.70. The molecule has 1 aromatic carbocycles. The molecule has 0 heterocycles. The molecular weight excluding hydrogens is 212 g/mol. The van der Waals surface area contributed by atoms with Crippen molar-refractivity contribution in [3.05, 3.63) is 36.4 Å². The average Bonchev–Trinajstić information content (AvgIpc) is 2.27. The monoisotopic (exact) mass is 234 g/mol. The molecule has 1 rings (SSSR count). The van der Waals surface area contributed by atoms with Crippen LogP contribution in [-0.2, 0) is 4.43 Å². The van der Waals surface area contributed by atoms with E-state index in [9.17, 15) is 0 Å². The van der Waals surface area contributed by atoms with Crippen molar-refractivity contribution in [3.63, 3.8) is 0 Å². The van der Waals surface area contributed by atoms with Crippen molar-refractivity contribution in [2.75, 3.05) is 0 Å². The molecule has 0 aliphatic carbocycles. The van der Waals surface area contributed by atoms with E-state index >= 15 is 0 Å². The van der Waals surface area contributed by atoms with Gasteiger partial charge < -0.3 is 4.43 Å². The Balaban J connectivity index is 2.63. The number of benzene rings is 1. The van der Waals surface area contributed by atoms with Gasteiger partial charge in [-0.2, -0.15) is 0 Å². The van der Waals surface area contributed by atoms with E-state index in [-0.39, 0.29) is 5.60 Å². The van der Waals surface area contributed by atoms with Crippen LogP contribution in [-0.4, -0.2) is 15.4 Å². The molecule has 0 aliphatic rings. The summed E-state index contributed by atoms with van der Waals surface area (Å²) in [6.45, 7) is 10.4. The standard InChI is InChI=1S/C14H22OSi/c1-5-11-14(3,4)15-16-13-10-8-7-9-12(13)6-2/h6-10H,2,5,11,16H2,1,3-4H3. The van der Waals surface area contributed by atoms with Crippen molar-refractivity contribution in [2.24, 2.45) is 0 Å². The Morgan fingerprint density at radius 3 is 2.69 bits per heavy atom. The van der Waals surface area contributed by atoms with Crippen LogP contribution in [0.3, 0.4) is 0 Å². The van der Waals surface area contributed by atoms with Gasteiger partial charge in [-0.3, -0.25) is 0 Å². The first-order valence-electron chi connectivity index (χ1n) is 5.93. The number of hydrogen-bond acceptors (Lipinski definition) is 1. The highest BCUT2D eigenvalue weighted by atomic mass is 28.2. The van der Waals surface area contributed by atoms with Gasteiger partial charge in [0.1, 0.15) is 0 Å². The van der Waals surface area contributed by atoms with E-state index in [1.807, 2.05) is 12.1 Å². The van der Waals surface area contributed by atoms with E-state index in [2.05, 4.69) is 45.5 Å². The van der Waals surface area contributed by atoms with Crippen LogP contribution in [0.5, 0.6) is 0 Å². The minimum absolute atomic E-state index is 0.0231. The van der Waals surface area contributed by atoms with Crippen LogP contribution in [0, 0.1) is 0 Å². The fourth-order valence-corrected chi connectivity index (χ4v) is 3.16. The largest absolute Gasteiger partial charge is 0.414 e. The smallest absolute Gasteiger partial charge is 0.193 e. The van der Waals surface area contributed by atoms with E-state index in [4.69, 9.17) is 4.43 Å². The normalized spacial score (nSPS) is 12.2. The van der Waals surface area contributed by atoms with Crippen molar-refractivity contribution >= 4 is 21.0 Å². The Hall–Kier alpha value is -0.863. The van der Waals surface area contributed by atoms with Crippen LogP contribution in [0.25, 0.3) is 6.08 Å². The van der Waals surface area contributed by atoms with Gasteiger partial charge in [-0.25, -0.2) is 0 Å². The van der Waals surface area contributed by atoms with Gasteiger partial charge in [0.25, 0.3) is 0 Å². The third-order valence-corrected chi connectivity index (χ3v) is 4.63. The highest BCUT2D eigenvalue weighted by molar-refractivity contribution is 6.48. The molecule has 0 spiro atoms. The third kappa shape index (κ3) is 3.95. The molecule has 0 unspecified atom stereocenters. The Morgan fingerprint density at radius 1 is 1.38 bits per heavy atom. The Kier molecular flexibility index (Phi) is 4.96. The summed E-state index contributed by atoms with van der Waals surface area (Å²) in [6.07, 6.45) is 4.21. The summed E-state index contributed by atoms with van der Waals surface area (Å²) in [5.74, 6) is 0. The van der Waals surface area contributed by atoms with Gasteiger partial charge in [0.15, 0.2) is 9.76 Å². The molecule has 0 saturated carbocycles. The molecule has 0 fully saturated rings. The van der Waals surface area contributed by atoms with Crippen molar-refractivity contribution in [1.29, 1.82) is 0 Å². The predicted octanol–water partition coefficient (Wildman–Crippen LogP) is 2.63. The van der Waals surface area contributed by atoms with Gasteiger partial charge >= 0.3 is 0 Å². The van der Waals surface area contributed by atoms with Gasteiger partial charge in [-0.1, -0.05) is 50.3 Å². The van der Waals surface area contributed by atoms with Gasteiger partial charge in [0, 0.05) is 0 Å². The third-order valence-electron chi connectivity index (χ3n) is 2.75. The van der Waals surface area contributed by atoms with Crippen LogP contribution in [0.1, 0.15) is 39.2 Å². The topological polar surface area (TPSA) is 9.23 Å². The van der Waals surface area contributed by atoms with Crippen molar-refractivity contribution in [2.45, 2.75) is 39.2 Å². The van der Waals surface area contributed by atoms with Gasteiger partial charge in [0.05, 0.1) is 5.60 Å². The second kappa shape index (κ2) is 6.02. The minimum atomic E-state index is -0.647. The number of rotatable bonds is 6.